The zero-order valence-corrected chi connectivity index (χ0v) is 17.1. The number of nitrogens with zero attached hydrogens (tertiary/aromatic N) is 3. The number of aromatic nitrogens is 2. The summed E-state index contributed by atoms with van der Waals surface area (Å²) in [5.74, 6) is -0.205. The molecule has 2 aromatic heterocycles. The second-order valence-electron chi connectivity index (χ2n) is 6.71. The van der Waals surface area contributed by atoms with Crippen LogP contribution in [0.2, 0.25) is 0 Å². The molecule has 0 aliphatic carbocycles. The van der Waals surface area contributed by atoms with Crippen LogP contribution >= 0.6 is 11.3 Å². The number of benzene rings is 2. The lowest BCUT2D eigenvalue weighted by atomic mass is 9.95. The Labute approximate surface area is 178 Å². The van der Waals surface area contributed by atoms with Crippen molar-refractivity contribution in [3.05, 3.63) is 94.6 Å². The van der Waals surface area contributed by atoms with Gasteiger partial charge in [-0.05, 0) is 36.8 Å². The van der Waals surface area contributed by atoms with Gasteiger partial charge in [0.25, 0.3) is 5.91 Å². The molecule has 4 aromatic rings. The molecule has 146 valence electrons. The highest BCUT2D eigenvalue weighted by Gasteiger charge is 2.19. The third-order valence-corrected chi connectivity index (χ3v) is 5.73. The lowest BCUT2D eigenvalue weighted by molar-refractivity contribution is 0.0940. The van der Waals surface area contributed by atoms with Crippen LogP contribution in [-0.4, -0.2) is 15.9 Å². The van der Waals surface area contributed by atoms with Gasteiger partial charge < -0.3 is 5.32 Å². The fourth-order valence-electron chi connectivity index (χ4n) is 3.20. The second-order valence-corrected chi connectivity index (χ2v) is 7.60. The van der Waals surface area contributed by atoms with E-state index in [1.54, 1.807) is 24.5 Å². The van der Waals surface area contributed by atoms with Crippen LogP contribution in [0, 0.1) is 11.3 Å². The number of hydrogen-bond donors (Lipinski definition) is 1. The summed E-state index contributed by atoms with van der Waals surface area (Å²) in [6.07, 6.45) is 3.49. The molecule has 2 heterocycles. The molecule has 1 atom stereocenters. The van der Waals surface area contributed by atoms with E-state index in [0.717, 1.165) is 27.4 Å². The van der Waals surface area contributed by atoms with Gasteiger partial charge in [0.1, 0.15) is 5.01 Å². The van der Waals surface area contributed by atoms with E-state index in [4.69, 9.17) is 0 Å². The Kier molecular flexibility index (Phi) is 5.64. The number of carbonyl (C=O) groups is 1. The van der Waals surface area contributed by atoms with Crippen LogP contribution < -0.4 is 5.32 Å². The minimum absolute atomic E-state index is 0.205. The predicted molar refractivity (Wildman–Crippen MR) is 118 cm³/mol. The van der Waals surface area contributed by atoms with Crippen molar-refractivity contribution in [3.63, 3.8) is 0 Å². The van der Waals surface area contributed by atoms with Gasteiger partial charge in [0.15, 0.2) is 0 Å². The van der Waals surface area contributed by atoms with Crippen molar-refractivity contribution in [2.45, 2.75) is 13.0 Å². The van der Waals surface area contributed by atoms with Gasteiger partial charge in [0, 0.05) is 34.5 Å². The first kappa shape index (κ1) is 19.5. The van der Waals surface area contributed by atoms with E-state index in [-0.39, 0.29) is 11.9 Å². The fourth-order valence-corrected chi connectivity index (χ4v) is 4.04. The van der Waals surface area contributed by atoms with Gasteiger partial charge in [-0.15, -0.1) is 11.3 Å². The van der Waals surface area contributed by atoms with Gasteiger partial charge in [-0.1, -0.05) is 36.4 Å². The van der Waals surface area contributed by atoms with Crippen molar-refractivity contribution in [2.24, 2.45) is 0 Å². The van der Waals surface area contributed by atoms with Gasteiger partial charge in [-0.2, -0.15) is 5.26 Å². The molecular weight excluding hydrogens is 392 g/mol. The van der Waals surface area contributed by atoms with Gasteiger partial charge in [-0.3, -0.25) is 9.78 Å². The molecule has 1 amide bonds. The topological polar surface area (TPSA) is 78.7 Å². The maximum Gasteiger partial charge on any atom is 0.252 e. The molecule has 0 fully saturated rings. The Morgan fingerprint density at radius 2 is 1.83 bits per heavy atom. The van der Waals surface area contributed by atoms with Gasteiger partial charge in [-0.25, -0.2) is 4.98 Å². The van der Waals surface area contributed by atoms with Crippen LogP contribution in [0.25, 0.3) is 22.4 Å². The Morgan fingerprint density at radius 1 is 1.07 bits per heavy atom. The zero-order chi connectivity index (χ0) is 20.9. The quantitative estimate of drug-likeness (QED) is 0.488. The van der Waals surface area contributed by atoms with Crippen molar-refractivity contribution in [1.82, 2.24) is 15.3 Å². The standard InChI is InChI=1S/C24H18N4OS/c1-16(24-28-22(15-30-24)18-8-6-12-26-14-18)27-23(29)21-11-5-4-10-20(21)19-9-3-2-7-17(19)13-25/h2-12,14-16H,1H3,(H,27,29). The van der Waals surface area contributed by atoms with Crippen molar-refractivity contribution in [1.29, 1.82) is 5.26 Å². The summed E-state index contributed by atoms with van der Waals surface area (Å²) >= 11 is 1.50. The van der Waals surface area contributed by atoms with E-state index in [0.29, 0.717) is 11.1 Å². The summed E-state index contributed by atoms with van der Waals surface area (Å²) in [7, 11) is 0. The fraction of sp³-hybridized carbons (Fsp3) is 0.0833. The third-order valence-electron chi connectivity index (χ3n) is 4.71. The Morgan fingerprint density at radius 3 is 2.60 bits per heavy atom. The summed E-state index contributed by atoms with van der Waals surface area (Å²) in [5.41, 5.74) is 4.31. The number of pyridine rings is 1. The Bertz CT molecular complexity index is 1230. The van der Waals surface area contributed by atoms with Crippen LogP contribution in [0.15, 0.2) is 78.4 Å². The summed E-state index contributed by atoms with van der Waals surface area (Å²) < 4.78 is 0. The number of carbonyl (C=O) groups excluding carboxylic acids is 1. The number of hydrogen-bond acceptors (Lipinski definition) is 5. The molecule has 0 aliphatic rings. The molecule has 0 saturated heterocycles. The average Bonchev–Trinajstić information content (AvgIpc) is 3.30. The van der Waals surface area contributed by atoms with E-state index in [9.17, 15) is 10.1 Å². The van der Waals surface area contributed by atoms with Crippen LogP contribution in [0.3, 0.4) is 0 Å². The highest BCUT2D eigenvalue weighted by atomic mass is 32.1. The number of amides is 1. The maximum atomic E-state index is 13.1. The first-order valence-corrected chi connectivity index (χ1v) is 10.3. The third kappa shape index (κ3) is 3.97. The first-order valence-electron chi connectivity index (χ1n) is 9.42. The molecule has 0 radical (unpaired) electrons. The van der Waals surface area contributed by atoms with Gasteiger partial charge >= 0.3 is 0 Å². The van der Waals surface area contributed by atoms with E-state index in [1.165, 1.54) is 11.3 Å². The van der Waals surface area contributed by atoms with Crippen LogP contribution in [0.4, 0.5) is 0 Å². The molecule has 5 nitrogen and oxygen atoms in total. The normalized spacial score (nSPS) is 11.5. The molecule has 6 heteroatoms. The van der Waals surface area contributed by atoms with Crippen LogP contribution in [-0.2, 0) is 0 Å². The van der Waals surface area contributed by atoms with Crippen molar-refractivity contribution in [2.75, 3.05) is 0 Å². The number of rotatable bonds is 5. The van der Waals surface area contributed by atoms with Crippen molar-refractivity contribution in [3.8, 4) is 28.5 Å². The predicted octanol–water partition coefficient (Wildman–Crippen LogP) is 5.23. The maximum absolute atomic E-state index is 13.1. The van der Waals surface area contributed by atoms with E-state index >= 15 is 0 Å². The minimum Gasteiger partial charge on any atom is -0.343 e. The second kappa shape index (κ2) is 8.68. The van der Waals surface area contributed by atoms with E-state index in [1.807, 2.05) is 60.8 Å². The van der Waals surface area contributed by atoms with Crippen LogP contribution in [0.5, 0.6) is 0 Å². The van der Waals surface area contributed by atoms with Crippen LogP contribution in [0.1, 0.15) is 33.9 Å². The molecule has 2 aromatic carbocycles. The highest BCUT2D eigenvalue weighted by Crippen LogP contribution is 2.28. The molecule has 1 unspecified atom stereocenters. The van der Waals surface area contributed by atoms with Crippen molar-refractivity contribution < 1.29 is 4.79 Å². The summed E-state index contributed by atoms with van der Waals surface area (Å²) in [4.78, 5) is 21.9. The lowest BCUT2D eigenvalue weighted by Gasteiger charge is -2.14. The first-order chi connectivity index (χ1) is 14.7. The largest absolute Gasteiger partial charge is 0.343 e. The molecular formula is C24H18N4OS. The Hall–Kier alpha value is -3.82. The monoisotopic (exact) mass is 410 g/mol. The lowest BCUT2D eigenvalue weighted by Crippen LogP contribution is -2.27. The van der Waals surface area contributed by atoms with E-state index in [2.05, 4.69) is 21.4 Å². The average molecular weight is 411 g/mol. The molecule has 0 saturated carbocycles. The number of thiazole rings is 1. The van der Waals surface area contributed by atoms with Gasteiger partial charge in [0.2, 0.25) is 0 Å². The molecule has 0 aliphatic heterocycles. The molecule has 4 rings (SSSR count). The number of nitriles is 1. The molecule has 0 spiro atoms. The smallest absolute Gasteiger partial charge is 0.252 e. The number of nitrogens with one attached hydrogen (secondary N) is 1. The van der Waals surface area contributed by atoms with E-state index < -0.39 is 0 Å². The summed E-state index contributed by atoms with van der Waals surface area (Å²) in [6, 6.07) is 20.4. The van der Waals surface area contributed by atoms with Crippen molar-refractivity contribution >= 4 is 17.2 Å². The highest BCUT2D eigenvalue weighted by molar-refractivity contribution is 7.10. The molecule has 30 heavy (non-hydrogen) atoms. The SMILES string of the molecule is CC(NC(=O)c1ccccc1-c1ccccc1C#N)c1nc(-c2cccnc2)cs1. The zero-order valence-electron chi connectivity index (χ0n) is 16.2. The summed E-state index contributed by atoms with van der Waals surface area (Å²) in [5, 5.41) is 15.3. The minimum atomic E-state index is -0.257. The Balaban J connectivity index is 1.58. The molecule has 0 bridgehead atoms. The summed E-state index contributed by atoms with van der Waals surface area (Å²) in [6.45, 7) is 1.91. The molecule has 1 N–H and O–H groups in total. The van der Waals surface area contributed by atoms with Gasteiger partial charge in [0.05, 0.1) is 23.4 Å².